The van der Waals surface area contributed by atoms with Gasteiger partial charge in [-0.2, -0.15) is 13.5 Å². The summed E-state index contributed by atoms with van der Waals surface area (Å²) in [7, 11) is -4.03. The number of piperidine rings is 1. The number of hydrazine groups is 1. The van der Waals surface area contributed by atoms with E-state index in [9.17, 15) is 18.0 Å². The highest BCUT2D eigenvalue weighted by molar-refractivity contribution is 7.87. The highest BCUT2D eigenvalue weighted by Gasteiger charge is 2.47. The average Bonchev–Trinajstić information content (AvgIpc) is 2.58. The molecule has 0 saturated carbocycles. The fourth-order valence-corrected chi connectivity index (χ4v) is 2.66. The summed E-state index contributed by atoms with van der Waals surface area (Å²) < 4.78 is 26.0. The number of carbonyl (C=O) groups excluding carboxylic acids is 2. The van der Waals surface area contributed by atoms with Crippen LogP contribution in [0.1, 0.15) is 12.8 Å². The van der Waals surface area contributed by atoms with Gasteiger partial charge in [-0.25, -0.2) is 14.2 Å². The van der Waals surface area contributed by atoms with Gasteiger partial charge in [0.2, 0.25) is 0 Å². The van der Waals surface area contributed by atoms with Crippen LogP contribution in [0.15, 0.2) is 0 Å². The van der Waals surface area contributed by atoms with E-state index in [1.807, 2.05) is 5.43 Å². The normalized spacial score (nSPS) is 26.7. The van der Waals surface area contributed by atoms with Gasteiger partial charge in [-0.3, -0.25) is 10.2 Å². The van der Waals surface area contributed by atoms with Crippen molar-refractivity contribution in [2.24, 2.45) is 5.14 Å². The minimum Gasteiger partial charge on any atom is -0.309 e. The molecule has 0 aromatic carbocycles. The number of amides is 3. The third kappa shape index (κ3) is 2.92. The molecule has 0 aliphatic carbocycles. The highest BCUT2D eigenvalue weighted by Crippen LogP contribution is 2.30. The first kappa shape index (κ1) is 14.3. The first-order valence-corrected chi connectivity index (χ1v) is 7.25. The van der Waals surface area contributed by atoms with Crippen LogP contribution in [0, 0.1) is 0 Å². The monoisotopic (exact) mass is 311 g/mol. The quantitative estimate of drug-likeness (QED) is 0.267. The van der Waals surface area contributed by atoms with Crippen molar-refractivity contribution in [1.82, 2.24) is 20.2 Å². The van der Waals surface area contributed by atoms with Crippen LogP contribution >= 0.6 is 12.9 Å². The molecule has 10 nitrogen and oxygen atoms in total. The molecule has 0 aromatic rings. The Morgan fingerprint density at radius 3 is 2.74 bits per heavy atom. The van der Waals surface area contributed by atoms with Crippen LogP contribution < -0.4 is 15.4 Å². The number of nitrogens with one attached hydrogen (secondary N) is 2. The predicted molar refractivity (Wildman–Crippen MR) is 65.2 cm³/mol. The second kappa shape index (κ2) is 5.13. The lowest BCUT2D eigenvalue weighted by Gasteiger charge is -2.28. The Labute approximate surface area is 114 Å². The first-order valence-electron chi connectivity index (χ1n) is 5.34. The van der Waals surface area contributed by atoms with E-state index in [-0.39, 0.29) is 6.04 Å². The van der Waals surface area contributed by atoms with Gasteiger partial charge < -0.3 is 4.90 Å². The summed E-state index contributed by atoms with van der Waals surface area (Å²) in [5.74, 6) is -0.651. The molecule has 2 aliphatic heterocycles. The number of hydrogen-bond acceptors (Lipinski definition) is 6. The number of thiol groups is 1. The smallest absolute Gasteiger partial charge is 0.309 e. The minimum atomic E-state index is -4.03. The molecule has 12 heteroatoms. The van der Waals surface area contributed by atoms with Gasteiger partial charge in [-0.15, -0.1) is 4.83 Å². The summed E-state index contributed by atoms with van der Waals surface area (Å²) in [5, 5.41) is 5.77. The van der Waals surface area contributed by atoms with Gasteiger partial charge in [0.15, 0.2) is 0 Å². The van der Waals surface area contributed by atoms with Crippen LogP contribution in [0.3, 0.4) is 0 Å². The molecule has 2 aliphatic rings. The largest absolute Gasteiger partial charge is 0.345 e. The zero-order valence-corrected chi connectivity index (χ0v) is 11.4. The zero-order valence-electron chi connectivity index (χ0n) is 9.64. The van der Waals surface area contributed by atoms with E-state index >= 15 is 0 Å². The third-order valence-corrected chi connectivity index (χ3v) is 3.59. The molecular weight excluding hydrogens is 298 g/mol. The lowest BCUT2D eigenvalue weighted by Crippen LogP contribution is -2.55. The predicted octanol–water partition coefficient (Wildman–Crippen LogP) is -2.14. The second-order valence-electron chi connectivity index (χ2n) is 4.23. The molecule has 0 unspecified atom stereocenters. The number of hydroxylamine groups is 2. The maximum absolute atomic E-state index is 11.9. The molecule has 0 spiro atoms. The van der Waals surface area contributed by atoms with E-state index in [0.29, 0.717) is 19.4 Å². The van der Waals surface area contributed by atoms with Crippen molar-refractivity contribution >= 4 is 35.1 Å². The third-order valence-electron chi connectivity index (χ3n) is 3.03. The number of nitrogens with zero attached hydrogens (tertiary/aromatic N) is 2. The molecule has 2 fully saturated rings. The van der Waals surface area contributed by atoms with E-state index in [0.717, 1.165) is 5.06 Å². The van der Waals surface area contributed by atoms with E-state index in [4.69, 9.17) is 0 Å². The fraction of sp³-hybridized carbons (Fsp3) is 0.714. The van der Waals surface area contributed by atoms with Crippen molar-refractivity contribution in [3.05, 3.63) is 0 Å². The standard InChI is InChI=1S/C7H13N5O5S2/c8-19(15,16)10-9-6(13)5-2-1-4-3-11(5)7(14)12(4)17-18/h4-5,10,18H,1-3H2,(H,9,13)(H2,8,15,16)/t4-,5+/m1/s1. The maximum atomic E-state index is 11.9. The van der Waals surface area contributed by atoms with Gasteiger partial charge in [0.25, 0.3) is 16.1 Å². The van der Waals surface area contributed by atoms with Gasteiger partial charge in [0.05, 0.1) is 6.04 Å². The molecule has 19 heavy (non-hydrogen) atoms. The first-order chi connectivity index (χ1) is 8.83. The van der Waals surface area contributed by atoms with Crippen LogP contribution in [0.25, 0.3) is 0 Å². The molecule has 2 heterocycles. The Kier molecular flexibility index (Phi) is 3.87. The second-order valence-corrected chi connectivity index (χ2v) is 5.68. The molecule has 108 valence electrons. The van der Waals surface area contributed by atoms with Crippen molar-refractivity contribution in [2.45, 2.75) is 24.9 Å². The molecule has 2 saturated heterocycles. The fourth-order valence-electron chi connectivity index (χ4n) is 2.22. The number of fused-ring (bicyclic) bond motifs is 2. The van der Waals surface area contributed by atoms with Crippen molar-refractivity contribution < 1.29 is 22.3 Å². The summed E-state index contributed by atoms with van der Waals surface area (Å²) in [5.41, 5.74) is 1.95. The SMILES string of the molecule is NS(=O)(=O)NNC(=O)[C@@H]1CC[C@@H]2CN1C(=O)N2OS. The Bertz CT molecular complexity index is 496. The van der Waals surface area contributed by atoms with Gasteiger partial charge in [-0.1, -0.05) is 0 Å². The maximum Gasteiger partial charge on any atom is 0.345 e. The molecule has 4 N–H and O–H groups in total. The Morgan fingerprint density at radius 2 is 2.16 bits per heavy atom. The lowest BCUT2D eigenvalue weighted by atomic mass is 10.0. The van der Waals surface area contributed by atoms with E-state index in [2.05, 4.69) is 22.3 Å². The van der Waals surface area contributed by atoms with Gasteiger partial charge in [0, 0.05) is 19.5 Å². The van der Waals surface area contributed by atoms with Gasteiger partial charge in [0.1, 0.15) is 6.04 Å². The highest BCUT2D eigenvalue weighted by atomic mass is 32.2. The lowest BCUT2D eigenvalue weighted by molar-refractivity contribution is -0.126. The van der Waals surface area contributed by atoms with E-state index in [1.54, 1.807) is 4.83 Å². The average molecular weight is 311 g/mol. The molecule has 2 atom stereocenters. The van der Waals surface area contributed by atoms with Crippen LogP contribution in [-0.2, 0) is 19.3 Å². The Morgan fingerprint density at radius 1 is 1.47 bits per heavy atom. The number of rotatable bonds is 4. The molecule has 3 amide bonds. The van der Waals surface area contributed by atoms with Crippen LogP contribution in [0.4, 0.5) is 4.79 Å². The summed E-state index contributed by atoms with van der Waals surface area (Å²) in [6.07, 6.45) is 0.943. The minimum absolute atomic E-state index is 0.153. The molecule has 2 bridgehead atoms. The van der Waals surface area contributed by atoms with Crippen LogP contribution in [0.5, 0.6) is 0 Å². The molecular formula is C7H13N5O5S2. The van der Waals surface area contributed by atoms with E-state index < -0.39 is 28.2 Å². The number of carbonyl (C=O) groups is 2. The van der Waals surface area contributed by atoms with Crippen molar-refractivity contribution in [1.29, 1.82) is 0 Å². The molecule has 0 radical (unpaired) electrons. The Hall–Kier alpha value is -1.08. The zero-order chi connectivity index (χ0) is 14.2. The Balaban J connectivity index is 2.03. The molecule has 2 rings (SSSR count). The molecule has 0 aromatic heterocycles. The van der Waals surface area contributed by atoms with Crippen molar-refractivity contribution in [2.75, 3.05) is 6.54 Å². The summed E-state index contributed by atoms with van der Waals surface area (Å²) in [6, 6.07) is -1.40. The van der Waals surface area contributed by atoms with Gasteiger partial charge >= 0.3 is 6.03 Å². The number of hydrogen-bond donors (Lipinski definition) is 4. The van der Waals surface area contributed by atoms with Crippen molar-refractivity contribution in [3.8, 4) is 0 Å². The number of nitrogens with two attached hydrogens (primary N) is 1. The van der Waals surface area contributed by atoms with Crippen LogP contribution in [-0.4, -0.2) is 48.9 Å². The van der Waals surface area contributed by atoms with Gasteiger partial charge in [-0.05, 0) is 12.8 Å². The summed E-state index contributed by atoms with van der Waals surface area (Å²) in [6.45, 7) is 0.326. The summed E-state index contributed by atoms with van der Waals surface area (Å²) >= 11 is 3.59. The topological polar surface area (TPSA) is 134 Å². The van der Waals surface area contributed by atoms with Crippen molar-refractivity contribution in [3.63, 3.8) is 0 Å². The summed E-state index contributed by atoms with van der Waals surface area (Å²) in [4.78, 5) is 26.6. The number of urea groups is 1. The van der Waals surface area contributed by atoms with E-state index in [1.165, 1.54) is 4.90 Å². The van der Waals surface area contributed by atoms with Crippen LogP contribution in [0.2, 0.25) is 0 Å².